The highest BCUT2D eigenvalue weighted by molar-refractivity contribution is 5.89. The van der Waals surface area contributed by atoms with Gasteiger partial charge in [-0.2, -0.15) is 0 Å². The maximum absolute atomic E-state index is 12.1. The van der Waals surface area contributed by atoms with Crippen LogP contribution in [0, 0.1) is 0 Å². The molecule has 1 aromatic rings. The van der Waals surface area contributed by atoms with Gasteiger partial charge in [0.15, 0.2) is 0 Å². The fourth-order valence-electron chi connectivity index (χ4n) is 1.83. The molecule has 110 valence electrons. The first-order valence-corrected chi connectivity index (χ1v) is 6.82. The average Bonchev–Trinajstić information content (AvgIpc) is 2.39. The lowest BCUT2D eigenvalue weighted by Crippen LogP contribution is -2.41. The number of nitrogens with zero attached hydrogens (tertiary/aromatic N) is 1. The molecule has 0 aliphatic rings. The summed E-state index contributed by atoms with van der Waals surface area (Å²) >= 11 is 0. The van der Waals surface area contributed by atoms with Crippen LogP contribution in [0.4, 0.5) is 10.5 Å². The van der Waals surface area contributed by atoms with Gasteiger partial charge in [0.2, 0.25) is 0 Å². The van der Waals surface area contributed by atoms with Crippen LogP contribution in [0.1, 0.15) is 32.8 Å². The first-order valence-electron chi connectivity index (χ1n) is 6.82. The van der Waals surface area contributed by atoms with Crippen molar-refractivity contribution < 1.29 is 14.7 Å². The van der Waals surface area contributed by atoms with E-state index < -0.39 is 5.97 Å². The first-order chi connectivity index (χ1) is 9.43. The second-order valence-corrected chi connectivity index (χ2v) is 4.91. The van der Waals surface area contributed by atoms with Crippen LogP contribution < -0.4 is 5.32 Å². The largest absolute Gasteiger partial charge is 0.481 e. The Kier molecular flexibility index (Phi) is 6.03. The number of amides is 2. The van der Waals surface area contributed by atoms with E-state index in [2.05, 4.69) is 12.2 Å². The number of carboxylic acids is 1. The summed E-state index contributed by atoms with van der Waals surface area (Å²) in [5.41, 5.74) is 1.92. The zero-order chi connectivity index (χ0) is 15.1. The van der Waals surface area contributed by atoms with Crippen molar-refractivity contribution in [3.8, 4) is 0 Å². The number of aryl methyl sites for hydroxylation is 1. The Morgan fingerprint density at radius 1 is 1.25 bits per heavy atom. The fourth-order valence-corrected chi connectivity index (χ4v) is 1.83. The molecule has 5 heteroatoms. The lowest BCUT2D eigenvalue weighted by Gasteiger charge is -2.26. The number of hydrogen-bond donors (Lipinski definition) is 2. The van der Waals surface area contributed by atoms with Crippen molar-refractivity contribution in [3.05, 3.63) is 29.8 Å². The minimum atomic E-state index is -0.907. The minimum absolute atomic E-state index is 0.0516. The van der Waals surface area contributed by atoms with Crippen molar-refractivity contribution in [2.24, 2.45) is 0 Å². The lowest BCUT2D eigenvalue weighted by atomic mass is 10.1. The number of urea groups is 1. The predicted octanol–water partition coefficient (Wildman–Crippen LogP) is 2.97. The topological polar surface area (TPSA) is 69.6 Å². The van der Waals surface area contributed by atoms with Gasteiger partial charge in [-0.05, 0) is 38.0 Å². The van der Waals surface area contributed by atoms with Crippen molar-refractivity contribution in [1.82, 2.24) is 4.90 Å². The number of carbonyl (C=O) groups is 2. The van der Waals surface area contributed by atoms with Crippen LogP contribution in [-0.2, 0) is 11.2 Å². The van der Waals surface area contributed by atoms with Crippen molar-refractivity contribution in [2.75, 3.05) is 11.9 Å². The molecule has 0 fully saturated rings. The minimum Gasteiger partial charge on any atom is -0.481 e. The number of rotatable bonds is 6. The van der Waals surface area contributed by atoms with E-state index in [0.717, 1.165) is 6.42 Å². The van der Waals surface area contributed by atoms with Crippen LogP contribution in [-0.4, -0.2) is 34.6 Å². The number of benzene rings is 1. The molecule has 0 aromatic heterocycles. The van der Waals surface area contributed by atoms with Gasteiger partial charge in [-0.25, -0.2) is 4.79 Å². The van der Waals surface area contributed by atoms with Crippen LogP contribution in [0.2, 0.25) is 0 Å². The molecule has 2 amide bonds. The first kappa shape index (κ1) is 16.0. The molecular formula is C15H22N2O3. The van der Waals surface area contributed by atoms with Crippen molar-refractivity contribution in [2.45, 2.75) is 39.7 Å². The van der Waals surface area contributed by atoms with Crippen LogP contribution in [0.5, 0.6) is 0 Å². The maximum atomic E-state index is 12.1. The third-order valence-electron chi connectivity index (χ3n) is 3.06. The summed E-state index contributed by atoms with van der Waals surface area (Å²) in [4.78, 5) is 24.3. The van der Waals surface area contributed by atoms with E-state index in [1.807, 2.05) is 38.1 Å². The molecule has 0 bridgehead atoms. The Morgan fingerprint density at radius 2 is 1.85 bits per heavy atom. The van der Waals surface area contributed by atoms with Crippen molar-refractivity contribution in [3.63, 3.8) is 0 Å². The number of carbonyl (C=O) groups excluding carboxylic acids is 1. The summed E-state index contributed by atoms with van der Waals surface area (Å²) < 4.78 is 0. The molecule has 1 rings (SSSR count). The Morgan fingerprint density at radius 3 is 2.30 bits per heavy atom. The maximum Gasteiger partial charge on any atom is 0.322 e. The third-order valence-corrected chi connectivity index (χ3v) is 3.06. The van der Waals surface area contributed by atoms with Gasteiger partial charge in [-0.15, -0.1) is 0 Å². The number of nitrogens with one attached hydrogen (secondary N) is 1. The molecule has 0 aliphatic heterocycles. The Hall–Kier alpha value is -2.04. The average molecular weight is 278 g/mol. The lowest BCUT2D eigenvalue weighted by molar-refractivity contribution is -0.137. The van der Waals surface area contributed by atoms with E-state index >= 15 is 0 Å². The SMILES string of the molecule is CCc1ccc(NC(=O)N(CCC(=O)O)C(C)C)cc1. The molecular weight excluding hydrogens is 256 g/mol. The second kappa shape index (κ2) is 7.53. The molecule has 20 heavy (non-hydrogen) atoms. The summed E-state index contributed by atoms with van der Waals surface area (Å²) in [6, 6.07) is 7.31. The van der Waals surface area contributed by atoms with E-state index in [0.29, 0.717) is 5.69 Å². The smallest absolute Gasteiger partial charge is 0.322 e. The predicted molar refractivity (Wildman–Crippen MR) is 78.9 cm³/mol. The highest BCUT2D eigenvalue weighted by Crippen LogP contribution is 2.12. The molecule has 0 heterocycles. The van der Waals surface area contributed by atoms with Crippen molar-refractivity contribution in [1.29, 1.82) is 0 Å². The highest BCUT2D eigenvalue weighted by atomic mass is 16.4. The molecule has 2 N–H and O–H groups in total. The number of hydrogen-bond acceptors (Lipinski definition) is 2. The van der Waals surface area contributed by atoms with E-state index in [1.54, 1.807) is 0 Å². The number of carboxylic acid groups (broad SMARTS) is 1. The zero-order valence-electron chi connectivity index (χ0n) is 12.2. The van der Waals surface area contributed by atoms with Crippen LogP contribution >= 0.6 is 0 Å². The highest BCUT2D eigenvalue weighted by Gasteiger charge is 2.17. The molecule has 0 aliphatic carbocycles. The summed E-state index contributed by atoms with van der Waals surface area (Å²) in [6.07, 6.45) is 0.894. The van der Waals surface area contributed by atoms with Gasteiger partial charge >= 0.3 is 12.0 Å². The van der Waals surface area contributed by atoms with Gasteiger partial charge in [-0.1, -0.05) is 19.1 Å². The molecule has 0 saturated carbocycles. The molecule has 1 aromatic carbocycles. The number of anilines is 1. The normalized spacial score (nSPS) is 10.4. The van der Waals surface area contributed by atoms with Gasteiger partial charge in [0.1, 0.15) is 0 Å². The molecule has 0 atom stereocenters. The van der Waals surface area contributed by atoms with E-state index in [9.17, 15) is 9.59 Å². The second-order valence-electron chi connectivity index (χ2n) is 4.91. The summed E-state index contributed by atoms with van der Waals surface area (Å²) in [6.45, 7) is 6.00. The van der Waals surface area contributed by atoms with E-state index in [-0.39, 0.29) is 25.0 Å². The van der Waals surface area contributed by atoms with Crippen LogP contribution in [0.15, 0.2) is 24.3 Å². The molecule has 0 spiro atoms. The fraction of sp³-hybridized carbons (Fsp3) is 0.467. The standard InChI is InChI=1S/C15H22N2O3/c1-4-12-5-7-13(8-6-12)16-15(20)17(11(2)3)10-9-14(18)19/h5-8,11H,4,9-10H2,1-3H3,(H,16,20)(H,18,19). The monoisotopic (exact) mass is 278 g/mol. The summed E-state index contributed by atoms with van der Waals surface area (Å²) in [5.74, 6) is -0.907. The molecule has 0 radical (unpaired) electrons. The van der Waals surface area contributed by atoms with Gasteiger partial charge in [-0.3, -0.25) is 4.79 Å². The Balaban J connectivity index is 2.66. The Bertz CT molecular complexity index is 455. The molecule has 0 saturated heterocycles. The number of aliphatic carboxylic acids is 1. The van der Waals surface area contributed by atoms with Crippen LogP contribution in [0.3, 0.4) is 0 Å². The van der Waals surface area contributed by atoms with Crippen LogP contribution in [0.25, 0.3) is 0 Å². The molecule has 5 nitrogen and oxygen atoms in total. The van der Waals surface area contributed by atoms with Gasteiger partial charge in [0.05, 0.1) is 6.42 Å². The molecule has 0 unspecified atom stereocenters. The zero-order valence-corrected chi connectivity index (χ0v) is 12.2. The van der Waals surface area contributed by atoms with Crippen molar-refractivity contribution >= 4 is 17.7 Å². The third kappa shape index (κ3) is 4.91. The van der Waals surface area contributed by atoms with E-state index in [1.165, 1.54) is 10.5 Å². The van der Waals surface area contributed by atoms with Gasteiger partial charge in [0, 0.05) is 18.3 Å². The van der Waals surface area contributed by atoms with E-state index in [4.69, 9.17) is 5.11 Å². The Labute approximate surface area is 119 Å². The summed E-state index contributed by atoms with van der Waals surface area (Å²) in [7, 11) is 0. The summed E-state index contributed by atoms with van der Waals surface area (Å²) in [5, 5.41) is 11.5. The van der Waals surface area contributed by atoms with Gasteiger partial charge < -0.3 is 15.3 Å². The quantitative estimate of drug-likeness (QED) is 0.840. The van der Waals surface area contributed by atoms with Gasteiger partial charge in [0.25, 0.3) is 0 Å².